The van der Waals surface area contributed by atoms with Gasteiger partial charge in [0.15, 0.2) is 23.1 Å². The van der Waals surface area contributed by atoms with Gasteiger partial charge in [0.05, 0.1) is 6.04 Å². The highest BCUT2D eigenvalue weighted by Gasteiger charge is 2.15. The molecule has 0 aliphatic carbocycles. The Kier molecular flexibility index (Phi) is 4.50. The van der Waals surface area contributed by atoms with Gasteiger partial charge in [0.1, 0.15) is 13.2 Å². The van der Waals surface area contributed by atoms with Gasteiger partial charge in [-0.1, -0.05) is 6.07 Å². The van der Waals surface area contributed by atoms with Crippen molar-refractivity contribution in [2.45, 2.75) is 13.0 Å². The van der Waals surface area contributed by atoms with Crippen molar-refractivity contribution in [2.24, 2.45) is 0 Å². The summed E-state index contributed by atoms with van der Waals surface area (Å²) in [7, 11) is 0. The van der Waals surface area contributed by atoms with Crippen LogP contribution in [0.15, 0.2) is 36.4 Å². The maximum Gasteiger partial charge on any atom is 0.319 e. The number of amides is 2. The Bertz CT molecular complexity index is 767. The largest absolute Gasteiger partial charge is 0.486 e. The molecular formula is C17H16F2N2O3. The second-order valence-corrected chi connectivity index (χ2v) is 5.35. The van der Waals surface area contributed by atoms with Crippen LogP contribution in [-0.2, 0) is 0 Å². The van der Waals surface area contributed by atoms with Crippen molar-refractivity contribution < 1.29 is 23.0 Å². The van der Waals surface area contributed by atoms with Crippen LogP contribution in [0.1, 0.15) is 18.5 Å². The maximum absolute atomic E-state index is 13.3. The van der Waals surface area contributed by atoms with Crippen molar-refractivity contribution in [3.8, 4) is 11.5 Å². The molecule has 2 aromatic carbocycles. The summed E-state index contributed by atoms with van der Waals surface area (Å²) in [5.74, 6) is -0.685. The van der Waals surface area contributed by atoms with E-state index in [4.69, 9.17) is 9.47 Å². The first-order valence-electron chi connectivity index (χ1n) is 7.45. The number of ether oxygens (including phenoxy) is 2. The molecule has 0 saturated heterocycles. The topological polar surface area (TPSA) is 59.6 Å². The van der Waals surface area contributed by atoms with E-state index >= 15 is 0 Å². The number of hydrogen-bond acceptors (Lipinski definition) is 3. The normalized spacial score (nSPS) is 14.0. The Morgan fingerprint density at radius 1 is 1.04 bits per heavy atom. The monoisotopic (exact) mass is 334 g/mol. The minimum Gasteiger partial charge on any atom is -0.486 e. The smallest absolute Gasteiger partial charge is 0.319 e. The van der Waals surface area contributed by atoms with E-state index < -0.39 is 23.7 Å². The number of rotatable bonds is 3. The van der Waals surface area contributed by atoms with Crippen LogP contribution in [0.4, 0.5) is 19.3 Å². The summed E-state index contributed by atoms with van der Waals surface area (Å²) in [5, 5.41) is 5.33. The molecule has 1 aliphatic rings. The van der Waals surface area contributed by atoms with Gasteiger partial charge in [-0.2, -0.15) is 0 Å². The number of carbonyl (C=O) groups is 1. The van der Waals surface area contributed by atoms with Crippen molar-refractivity contribution in [3.63, 3.8) is 0 Å². The molecule has 2 N–H and O–H groups in total. The van der Waals surface area contributed by atoms with E-state index in [1.165, 1.54) is 6.07 Å². The SMILES string of the molecule is CC(NC(=O)Nc1ccc2c(c1)OCCO2)c1ccc(F)c(F)c1. The summed E-state index contributed by atoms with van der Waals surface area (Å²) < 4.78 is 37.1. The summed E-state index contributed by atoms with van der Waals surface area (Å²) in [6.07, 6.45) is 0. The lowest BCUT2D eigenvalue weighted by molar-refractivity contribution is 0.171. The van der Waals surface area contributed by atoms with E-state index in [-0.39, 0.29) is 0 Å². The molecule has 2 aromatic rings. The molecule has 3 rings (SSSR count). The van der Waals surface area contributed by atoms with Crippen molar-refractivity contribution in [3.05, 3.63) is 53.6 Å². The molecule has 0 fully saturated rings. The molecule has 1 heterocycles. The summed E-state index contributed by atoms with van der Waals surface area (Å²) in [6.45, 7) is 2.62. The van der Waals surface area contributed by atoms with E-state index in [1.807, 2.05) is 0 Å². The Balaban J connectivity index is 1.63. The van der Waals surface area contributed by atoms with Crippen molar-refractivity contribution in [1.29, 1.82) is 0 Å². The number of hydrogen-bond donors (Lipinski definition) is 2. The van der Waals surface area contributed by atoms with Crippen LogP contribution in [0.3, 0.4) is 0 Å². The fourth-order valence-corrected chi connectivity index (χ4v) is 2.35. The zero-order chi connectivity index (χ0) is 17.1. The quantitative estimate of drug-likeness (QED) is 0.901. The summed E-state index contributed by atoms with van der Waals surface area (Å²) >= 11 is 0. The Morgan fingerprint density at radius 3 is 2.54 bits per heavy atom. The van der Waals surface area contributed by atoms with Crippen molar-refractivity contribution >= 4 is 11.7 Å². The average molecular weight is 334 g/mol. The summed E-state index contributed by atoms with van der Waals surface area (Å²) in [6, 6.07) is 7.62. The molecule has 0 radical (unpaired) electrons. The van der Waals surface area contributed by atoms with E-state index in [2.05, 4.69) is 10.6 Å². The fourth-order valence-electron chi connectivity index (χ4n) is 2.35. The van der Waals surface area contributed by atoms with Crippen LogP contribution in [0.2, 0.25) is 0 Å². The molecule has 0 saturated carbocycles. The molecule has 0 bridgehead atoms. The Labute approximate surface area is 137 Å². The maximum atomic E-state index is 13.3. The molecule has 7 heteroatoms. The van der Waals surface area contributed by atoms with E-state index in [1.54, 1.807) is 25.1 Å². The molecule has 24 heavy (non-hydrogen) atoms. The summed E-state index contributed by atoms with van der Waals surface area (Å²) in [5.41, 5.74) is 1.00. The zero-order valence-electron chi connectivity index (χ0n) is 12.9. The van der Waals surface area contributed by atoms with E-state index in [0.717, 1.165) is 12.1 Å². The van der Waals surface area contributed by atoms with Gasteiger partial charge in [0.25, 0.3) is 0 Å². The first kappa shape index (κ1) is 16.0. The second kappa shape index (κ2) is 6.74. The lowest BCUT2D eigenvalue weighted by atomic mass is 10.1. The first-order chi connectivity index (χ1) is 11.5. The molecule has 5 nitrogen and oxygen atoms in total. The van der Waals surface area contributed by atoms with Gasteiger partial charge in [-0.05, 0) is 36.8 Å². The predicted molar refractivity (Wildman–Crippen MR) is 84.4 cm³/mol. The van der Waals surface area contributed by atoms with Crippen molar-refractivity contribution in [1.82, 2.24) is 5.32 Å². The number of urea groups is 1. The molecule has 2 amide bonds. The zero-order valence-corrected chi connectivity index (χ0v) is 12.9. The molecular weight excluding hydrogens is 318 g/mol. The second-order valence-electron chi connectivity index (χ2n) is 5.35. The number of carbonyl (C=O) groups excluding carboxylic acids is 1. The highest BCUT2D eigenvalue weighted by molar-refractivity contribution is 5.89. The van der Waals surface area contributed by atoms with Crippen LogP contribution in [0, 0.1) is 11.6 Å². The standard InChI is InChI=1S/C17H16F2N2O3/c1-10(11-2-4-13(18)14(19)8-11)20-17(22)21-12-3-5-15-16(9-12)24-7-6-23-15/h2-5,8-10H,6-7H2,1H3,(H2,20,21,22). The minimum atomic E-state index is -0.951. The lowest BCUT2D eigenvalue weighted by Gasteiger charge is -2.19. The minimum absolute atomic E-state index is 0.454. The number of halogens is 2. The third-order valence-corrected chi connectivity index (χ3v) is 3.59. The third-order valence-electron chi connectivity index (χ3n) is 3.59. The molecule has 1 aliphatic heterocycles. The molecule has 0 aromatic heterocycles. The predicted octanol–water partition coefficient (Wildman–Crippen LogP) is 3.62. The van der Waals surface area contributed by atoms with Gasteiger partial charge in [-0.25, -0.2) is 13.6 Å². The number of anilines is 1. The first-order valence-corrected chi connectivity index (χ1v) is 7.45. The molecule has 126 valence electrons. The van der Waals surface area contributed by atoms with Crippen molar-refractivity contribution in [2.75, 3.05) is 18.5 Å². The number of benzene rings is 2. The third kappa shape index (κ3) is 3.56. The number of nitrogens with one attached hydrogen (secondary N) is 2. The van der Waals surface area contributed by atoms with Crippen LogP contribution < -0.4 is 20.1 Å². The van der Waals surface area contributed by atoms with Gasteiger partial charge >= 0.3 is 6.03 Å². The van der Waals surface area contributed by atoms with Crippen LogP contribution in [0.25, 0.3) is 0 Å². The van der Waals surface area contributed by atoms with Crippen LogP contribution >= 0.6 is 0 Å². The van der Waals surface area contributed by atoms with Gasteiger partial charge < -0.3 is 20.1 Å². The molecule has 1 unspecified atom stereocenters. The number of fused-ring (bicyclic) bond motifs is 1. The Hall–Kier alpha value is -2.83. The molecule has 0 spiro atoms. The highest BCUT2D eigenvalue weighted by atomic mass is 19.2. The molecule has 1 atom stereocenters. The highest BCUT2D eigenvalue weighted by Crippen LogP contribution is 2.32. The fraction of sp³-hybridized carbons (Fsp3) is 0.235. The van der Waals surface area contributed by atoms with Gasteiger partial charge in [0.2, 0.25) is 0 Å². The van der Waals surface area contributed by atoms with Crippen LogP contribution in [0.5, 0.6) is 11.5 Å². The van der Waals surface area contributed by atoms with E-state index in [0.29, 0.717) is 36.0 Å². The summed E-state index contributed by atoms with van der Waals surface area (Å²) in [4.78, 5) is 12.1. The lowest BCUT2D eigenvalue weighted by Crippen LogP contribution is -2.31. The van der Waals surface area contributed by atoms with Gasteiger partial charge in [-0.15, -0.1) is 0 Å². The van der Waals surface area contributed by atoms with Gasteiger partial charge in [0, 0.05) is 11.8 Å². The average Bonchev–Trinajstić information content (AvgIpc) is 2.57. The van der Waals surface area contributed by atoms with Crippen LogP contribution in [-0.4, -0.2) is 19.2 Å². The Morgan fingerprint density at radius 2 is 1.79 bits per heavy atom. The van der Waals surface area contributed by atoms with Gasteiger partial charge in [-0.3, -0.25) is 0 Å². The van der Waals surface area contributed by atoms with E-state index in [9.17, 15) is 13.6 Å².